The number of carbonyl (C=O) groups is 1. The van der Waals surface area contributed by atoms with Crippen LogP contribution in [-0.2, 0) is 17.6 Å². The molecule has 9 heteroatoms. The van der Waals surface area contributed by atoms with Crippen LogP contribution in [-0.4, -0.2) is 31.2 Å². The van der Waals surface area contributed by atoms with E-state index >= 15 is 0 Å². The number of hydrogen-bond acceptors (Lipinski definition) is 5. The van der Waals surface area contributed by atoms with E-state index in [1.165, 1.54) is 13.2 Å². The Labute approximate surface area is 183 Å². The topological polar surface area (TPSA) is 73.6 Å². The number of nitrogens with one attached hydrogen (secondary N) is 1. The summed E-state index contributed by atoms with van der Waals surface area (Å²) in [5.74, 6) is 0.987. The van der Waals surface area contributed by atoms with E-state index in [2.05, 4.69) is 15.0 Å². The maximum Gasteiger partial charge on any atom is 0.387 e. The van der Waals surface area contributed by atoms with Gasteiger partial charge in [-0.25, -0.2) is 4.98 Å². The zero-order chi connectivity index (χ0) is 22.2. The van der Waals surface area contributed by atoms with E-state index in [4.69, 9.17) is 20.8 Å². The van der Waals surface area contributed by atoms with Crippen LogP contribution in [0.3, 0.4) is 0 Å². The Bertz CT molecular complexity index is 1030. The van der Waals surface area contributed by atoms with Gasteiger partial charge in [-0.05, 0) is 36.2 Å². The molecule has 0 atom stereocenters. The number of carbonyl (C=O) groups excluding carboxylic acids is 1. The molecule has 0 saturated carbocycles. The minimum absolute atomic E-state index is 0.0421. The number of hydrogen-bond donors (Lipinski definition) is 1. The van der Waals surface area contributed by atoms with Gasteiger partial charge in [0, 0.05) is 24.9 Å². The third-order valence-electron chi connectivity index (χ3n) is 4.44. The lowest BCUT2D eigenvalue weighted by atomic mass is 10.1. The van der Waals surface area contributed by atoms with Crippen molar-refractivity contribution in [2.45, 2.75) is 25.9 Å². The number of halogens is 3. The number of ether oxygens (including phenoxy) is 2. The molecule has 3 aromatic rings. The number of benzene rings is 2. The maximum atomic E-state index is 12.5. The number of amides is 1. The zero-order valence-corrected chi connectivity index (χ0v) is 17.5. The number of nitrogens with zero attached hydrogens (tertiary/aromatic N) is 1. The van der Waals surface area contributed by atoms with Crippen molar-refractivity contribution in [2.24, 2.45) is 0 Å². The summed E-state index contributed by atoms with van der Waals surface area (Å²) in [4.78, 5) is 16.3. The van der Waals surface area contributed by atoms with Crippen LogP contribution < -0.4 is 14.8 Å². The maximum absolute atomic E-state index is 12.5. The summed E-state index contributed by atoms with van der Waals surface area (Å²) in [6, 6.07) is 12.0. The van der Waals surface area contributed by atoms with Crippen LogP contribution in [0.2, 0.25) is 5.02 Å². The smallest absolute Gasteiger partial charge is 0.387 e. The highest BCUT2D eigenvalue weighted by molar-refractivity contribution is 6.33. The summed E-state index contributed by atoms with van der Waals surface area (Å²) in [6.07, 6.45) is 2.57. The largest absolute Gasteiger partial charge is 0.493 e. The second-order valence-corrected chi connectivity index (χ2v) is 6.97. The lowest BCUT2D eigenvalue weighted by Crippen LogP contribution is -2.25. The molecule has 0 bridgehead atoms. The van der Waals surface area contributed by atoms with E-state index in [1.807, 2.05) is 18.2 Å². The lowest BCUT2D eigenvalue weighted by Gasteiger charge is -2.11. The van der Waals surface area contributed by atoms with Crippen molar-refractivity contribution in [1.29, 1.82) is 0 Å². The summed E-state index contributed by atoms with van der Waals surface area (Å²) < 4.78 is 40.2. The number of aromatic nitrogens is 1. The van der Waals surface area contributed by atoms with Crippen molar-refractivity contribution in [1.82, 2.24) is 10.3 Å². The van der Waals surface area contributed by atoms with Crippen LogP contribution in [0, 0.1) is 0 Å². The van der Waals surface area contributed by atoms with Crippen molar-refractivity contribution in [2.75, 3.05) is 13.7 Å². The van der Waals surface area contributed by atoms with Gasteiger partial charge in [-0.2, -0.15) is 8.78 Å². The first-order valence-electron chi connectivity index (χ1n) is 9.54. The van der Waals surface area contributed by atoms with Gasteiger partial charge in [-0.1, -0.05) is 29.8 Å². The van der Waals surface area contributed by atoms with Gasteiger partial charge in [0.1, 0.15) is 0 Å². The average Bonchev–Trinajstić information content (AvgIpc) is 3.21. The molecule has 0 aliphatic carbocycles. The summed E-state index contributed by atoms with van der Waals surface area (Å²) in [6.45, 7) is -2.60. The minimum Gasteiger partial charge on any atom is -0.493 e. The molecule has 3 rings (SSSR count). The standard InChI is InChI=1S/C22H21ClF2N2O4/c1-29-17-7-6-14(12-18(17)31-22(24)25)10-11-26-20(28)8-9-21-27-13-19(30-21)15-4-2-3-5-16(15)23/h2-7,12-13,22H,8-11H2,1H3,(H,26,28). The fourth-order valence-corrected chi connectivity index (χ4v) is 3.16. The molecule has 0 saturated heterocycles. The monoisotopic (exact) mass is 450 g/mol. The molecule has 0 spiro atoms. The first-order valence-corrected chi connectivity index (χ1v) is 9.92. The van der Waals surface area contributed by atoms with Gasteiger partial charge >= 0.3 is 6.61 Å². The number of aryl methyl sites for hydroxylation is 1. The van der Waals surface area contributed by atoms with Gasteiger partial charge in [0.25, 0.3) is 0 Å². The molecule has 1 amide bonds. The Balaban J connectivity index is 1.46. The van der Waals surface area contributed by atoms with Crippen LogP contribution in [0.15, 0.2) is 53.1 Å². The van der Waals surface area contributed by atoms with Crippen LogP contribution in [0.25, 0.3) is 11.3 Å². The molecule has 1 heterocycles. The van der Waals surface area contributed by atoms with Crippen molar-refractivity contribution < 1.29 is 27.5 Å². The zero-order valence-electron chi connectivity index (χ0n) is 16.7. The molecule has 164 valence electrons. The highest BCUT2D eigenvalue weighted by Gasteiger charge is 2.13. The van der Waals surface area contributed by atoms with Crippen molar-refractivity contribution in [3.05, 3.63) is 65.1 Å². The summed E-state index contributed by atoms with van der Waals surface area (Å²) in [7, 11) is 1.37. The molecular formula is C22H21ClF2N2O4. The summed E-state index contributed by atoms with van der Waals surface area (Å²) >= 11 is 6.15. The Morgan fingerprint density at radius 1 is 1.19 bits per heavy atom. The Kier molecular flexibility index (Phi) is 7.83. The van der Waals surface area contributed by atoms with Gasteiger partial charge < -0.3 is 19.2 Å². The van der Waals surface area contributed by atoms with E-state index in [1.54, 1.807) is 24.4 Å². The van der Waals surface area contributed by atoms with Crippen molar-refractivity contribution in [3.63, 3.8) is 0 Å². The van der Waals surface area contributed by atoms with Gasteiger partial charge in [0.15, 0.2) is 23.1 Å². The highest BCUT2D eigenvalue weighted by atomic mass is 35.5. The fourth-order valence-electron chi connectivity index (χ4n) is 2.93. The first-order chi connectivity index (χ1) is 15.0. The third-order valence-corrected chi connectivity index (χ3v) is 4.77. The van der Waals surface area contributed by atoms with Gasteiger partial charge in [0.05, 0.1) is 18.3 Å². The fraction of sp³-hybridized carbons (Fsp3) is 0.273. The molecule has 1 N–H and O–H groups in total. The van der Waals surface area contributed by atoms with Gasteiger partial charge in [-0.3, -0.25) is 4.79 Å². The van der Waals surface area contributed by atoms with Crippen molar-refractivity contribution >= 4 is 17.5 Å². The average molecular weight is 451 g/mol. The molecule has 0 aliphatic heterocycles. The number of alkyl halides is 2. The molecule has 2 aromatic carbocycles. The van der Waals surface area contributed by atoms with Crippen LogP contribution in [0.4, 0.5) is 8.78 Å². The minimum atomic E-state index is -2.95. The Morgan fingerprint density at radius 2 is 2.00 bits per heavy atom. The van der Waals surface area contributed by atoms with Gasteiger partial charge in [0.2, 0.25) is 5.91 Å². The molecule has 0 radical (unpaired) electrons. The predicted octanol–water partition coefficient (Wildman–Crippen LogP) is 4.90. The normalized spacial score (nSPS) is 10.9. The number of rotatable bonds is 10. The Morgan fingerprint density at radius 3 is 2.74 bits per heavy atom. The van der Waals surface area contributed by atoms with Crippen LogP contribution in [0.5, 0.6) is 11.5 Å². The second-order valence-electron chi connectivity index (χ2n) is 6.56. The molecular weight excluding hydrogens is 430 g/mol. The SMILES string of the molecule is COc1ccc(CCNC(=O)CCc2ncc(-c3ccccc3Cl)o2)cc1OC(F)F. The van der Waals surface area contributed by atoms with Crippen molar-refractivity contribution in [3.8, 4) is 22.8 Å². The van der Waals surface area contributed by atoms with Crippen LogP contribution >= 0.6 is 11.6 Å². The van der Waals surface area contributed by atoms with Crippen LogP contribution in [0.1, 0.15) is 17.9 Å². The highest BCUT2D eigenvalue weighted by Crippen LogP contribution is 2.30. The number of methoxy groups -OCH3 is 1. The van der Waals surface area contributed by atoms with E-state index < -0.39 is 6.61 Å². The molecule has 31 heavy (non-hydrogen) atoms. The molecule has 6 nitrogen and oxygen atoms in total. The summed E-state index contributed by atoms with van der Waals surface area (Å²) in [5, 5.41) is 3.35. The third kappa shape index (κ3) is 6.42. The molecule has 0 aliphatic rings. The van der Waals surface area contributed by atoms with E-state index in [9.17, 15) is 13.6 Å². The quantitative estimate of drug-likeness (QED) is 0.475. The molecule has 1 aromatic heterocycles. The Hall–Kier alpha value is -3.13. The summed E-state index contributed by atoms with van der Waals surface area (Å²) in [5.41, 5.74) is 1.47. The van der Waals surface area contributed by atoms with E-state index in [-0.39, 0.29) is 23.8 Å². The lowest BCUT2D eigenvalue weighted by molar-refractivity contribution is -0.121. The molecule has 0 unspecified atom stereocenters. The first kappa shape index (κ1) is 22.6. The number of oxazole rings is 1. The molecule has 0 fully saturated rings. The predicted molar refractivity (Wildman–Crippen MR) is 112 cm³/mol. The second kappa shape index (κ2) is 10.8. The van der Waals surface area contributed by atoms with Gasteiger partial charge in [-0.15, -0.1) is 0 Å². The van der Waals surface area contributed by atoms with E-state index in [0.29, 0.717) is 36.1 Å². The van der Waals surface area contributed by atoms with E-state index in [0.717, 1.165) is 11.1 Å².